The smallest absolute Gasteiger partial charge is 0.310 e. The van der Waals surface area contributed by atoms with Crippen LogP contribution in [0.4, 0.5) is 0 Å². The van der Waals surface area contributed by atoms with Gasteiger partial charge in [-0.05, 0) is 39.8 Å². The van der Waals surface area contributed by atoms with Crippen LogP contribution in [0.3, 0.4) is 0 Å². The molecule has 18 heavy (non-hydrogen) atoms. The fraction of sp³-hybridized carbons (Fsp3) is 0.929. The number of hydrogen-bond acceptors (Lipinski definition) is 3. The van der Waals surface area contributed by atoms with Crippen molar-refractivity contribution in [1.29, 1.82) is 0 Å². The molecule has 0 aromatic rings. The van der Waals surface area contributed by atoms with E-state index in [1.54, 1.807) is 0 Å². The molecule has 0 bridgehead atoms. The van der Waals surface area contributed by atoms with E-state index in [-0.39, 0.29) is 0 Å². The third-order valence-corrected chi connectivity index (χ3v) is 4.95. The van der Waals surface area contributed by atoms with Crippen molar-refractivity contribution in [3.8, 4) is 0 Å². The average molecular weight is 254 g/mol. The van der Waals surface area contributed by atoms with Crippen LogP contribution in [0.1, 0.15) is 39.5 Å². The van der Waals surface area contributed by atoms with E-state index < -0.39 is 11.4 Å². The minimum Gasteiger partial charge on any atom is -0.481 e. The highest BCUT2D eigenvalue weighted by atomic mass is 16.4. The minimum absolute atomic E-state index is 0.473. The zero-order chi connectivity index (χ0) is 13.3. The topological polar surface area (TPSA) is 43.8 Å². The van der Waals surface area contributed by atoms with Gasteiger partial charge < -0.3 is 10.0 Å². The Morgan fingerprint density at radius 3 is 2.72 bits per heavy atom. The van der Waals surface area contributed by atoms with Gasteiger partial charge in [0.05, 0.1) is 5.41 Å². The van der Waals surface area contributed by atoms with E-state index in [0.29, 0.717) is 12.1 Å². The van der Waals surface area contributed by atoms with Crippen LogP contribution in [0.15, 0.2) is 0 Å². The molecule has 0 aromatic carbocycles. The quantitative estimate of drug-likeness (QED) is 0.828. The van der Waals surface area contributed by atoms with Crippen molar-refractivity contribution >= 4 is 5.97 Å². The highest BCUT2D eigenvalue weighted by molar-refractivity contribution is 5.75. The molecule has 4 nitrogen and oxygen atoms in total. The first-order valence-electron chi connectivity index (χ1n) is 7.16. The summed E-state index contributed by atoms with van der Waals surface area (Å²) in [6, 6.07) is 1.18. The van der Waals surface area contributed by atoms with Crippen molar-refractivity contribution in [3.05, 3.63) is 0 Å². The third kappa shape index (κ3) is 2.41. The first-order valence-corrected chi connectivity index (χ1v) is 7.16. The van der Waals surface area contributed by atoms with Crippen molar-refractivity contribution in [3.63, 3.8) is 0 Å². The second-order valence-corrected chi connectivity index (χ2v) is 6.23. The van der Waals surface area contributed by atoms with Gasteiger partial charge >= 0.3 is 5.97 Å². The molecule has 2 aliphatic heterocycles. The average Bonchev–Trinajstić information content (AvgIpc) is 2.86. The lowest BCUT2D eigenvalue weighted by atomic mass is 9.82. The largest absolute Gasteiger partial charge is 0.481 e. The van der Waals surface area contributed by atoms with E-state index >= 15 is 0 Å². The molecule has 3 atom stereocenters. The van der Waals surface area contributed by atoms with Crippen LogP contribution in [0, 0.1) is 5.41 Å². The molecule has 104 valence electrons. The van der Waals surface area contributed by atoms with Gasteiger partial charge in [0.1, 0.15) is 0 Å². The summed E-state index contributed by atoms with van der Waals surface area (Å²) >= 11 is 0. The second-order valence-electron chi connectivity index (χ2n) is 6.23. The van der Waals surface area contributed by atoms with Crippen LogP contribution in [-0.4, -0.2) is 59.6 Å². The molecule has 2 rings (SSSR count). The fourth-order valence-electron chi connectivity index (χ4n) is 3.61. The molecule has 3 unspecified atom stereocenters. The Morgan fingerprint density at radius 1 is 1.50 bits per heavy atom. The zero-order valence-electron chi connectivity index (χ0n) is 11.9. The van der Waals surface area contributed by atoms with Gasteiger partial charge in [-0.3, -0.25) is 9.69 Å². The van der Waals surface area contributed by atoms with Crippen LogP contribution in [0.2, 0.25) is 0 Å². The Balaban J connectivity index is 2.01. The van der Waals surface area contributed by atoms with Crippen molar-refractivity contribution in [1.82, 2.24) is 9.80 Å². The van der Waals surface area contributed by atoms with Crippen molar-refractivity contribution in [2.75, 3.05) is 26.7 Å². The first kappa shape index (κ1) is 13.8. The number of carbonyl (C=O) groups is 1. The SMILES string of the molecule is CCCC1(C(=O)O)CCN(C2CC(C)N(C)C2)C1. The number of likely N-dealkylation sites (N-methyl/N-ethyl adjacent to an activating group) is 1. The standard InChI is InChI=1S/C14H26N2O2/c1-4-5-14(13(17)18)6-7-16(10-14)12-8-11(2)15(3)9-12/h11-12H,4-10H2,1-3H3,(H,17,18). The maximum Gasteiger partial charge on any atom is 0.310 e. The summed E-state index contributed by atoms with van der Waals surface area (Å²) in [5.74, 6) is -0.591. The van der Waals surface area contributed by atoms with Gasteiger partial charge in [-0.15, -0.1) is 0 Å². The molecule has 4 heteroatoms. The molecule has 0 aliphatic carbocycles. The Bertz CT molecular complexity index is 311. The number of carboxylic acids is 1. The van der Waals surface area contributed by atoms with Crippen LogP contribution in [0.5, 0.6) is 0 Å². The normalized spacial score (nSPS) is 38.4. The predicted molar refractivity (Wildman–Crippen MR) is 71.7 cm³/mol. The maximum absolute atomic E-state index is 11.6. The molecule has 2 fully saturated rings. The van der Waals surface area contributed by atoms with Crippen molar-refractivity contribution in [2.24, 2.45) is 5.41 Å². The van der Waals surface area contributed by atoms with Gasteiger partial charge in [-0.1, -0.05) is 13.3 Å². The summed E-state index contributed by atoms with van der Waals surface area (Å²) in [6.07, 6.45) is 3.78. The van der Waals surface area contributed by atoms with Gasteiger partial charge in [0.15, 0.2) is 0 Å². The van der Waals surface area contributed by atoms with Gasteiger partial charge in [0.2, 0.25) is 0 Å². The third-order valence-electron chi connectivity index (χ3n) is 4.95. The molecular weight excluding hydrogens is 228 g/mol. The summed E-state index contributed by atoms with van der Waals surface area (Å²) in [5.41, 5.74) is -0.473. The number of hydrogen-bond donors (Lipinski definition) is 1. The first-order chi connectivity index (χ1) is 8.48. The molecular formula is C14H26N2O2. The van der Waals surface area contributed by atoms with E-state index in [0.717, 1.165) is 38.9 Å². The maximum atomic E-state index is 11.6. The van der Waals surface area contributed by atoms with E-state index in [2.05, 4.69) is 30.7 Å². The lowest BCUT2D eigenvalue weighted by Gasteiger charge is -2.27. The Morgan fingerprint density at radius 2 is 2.22 bits per heavy atom. The zero-order valence-corrected chi connectivity index (χ0v) is 11.9. The molecule has 1 N–H and O–H groups in total. The van der Waals surface area contributed by atoms with Gasteiger partial charge in [0, 0.05) is 25.2 Å². The number of carboxylic acid groups (broad SMARTS) is 1. The highest BCUT2D eigenvalue weighted by Gasteiger charge is 2.46. The van der Waals surface area contributed by atoms with Gasteiger partial charge in [-0.25, -0.2) is 0 Å². The summed E-state index contributed by atoms with van der Waals surface area (Å²) < 4.78 is 0. The lowest BCUT2D eigenvalue weighted by Crippen LogP contribution is -2.39. The van der Waals surface area contributed by atoms with Crippen molar-refractivity contribution in [2.45, 2.75) is 51.6 Å². The van der Waals surface area contributed by atoms with Crippen molar-refractivity contribution < 1.29 is 9.90 Å². The molecule has 0 spiro atoms. The monoisotopic (exact) mass is 254 g/mol. The van der Waals surface area contributed by atoms with E-state index in [1.165, 1.54) is 6.42 Å². The minimum atomic E-state index is -0.591. The second kappa shape index (κ2) is 5.17. The Labute approximate surface area is 110 Å². The molecule has 0 radical (unpaired) electrons. The molecule has 2 aliphatic rings. The van der Waals surface area contributed by atoms with Crippen LogP contribution in [0.25, 0.3) is 0 Å². The summed E-state index contributed by atoms with van der Waals surface area (Å²) in [5, 5.41) is 9.52. The number of likely N-dealkylation sites (tertiary alicyclic amines) is 2. The summed E-state index contributed by atoms with van der Waals surface area (Å²) in [7, 11) is 2.16. The van der Waals surface area contributed by atoms with Gasteiger partial charge in [0.25, 0.3) is 0 Å². The van der Waals surface area contributed by atoms with Crippen LogP contribution >= 0.6 is 0 Å². The van der Waals surface area contributed by atoms with E-state index in [9.17, 15) is 9.90 Å². The fourth-order valence-corrected chi connectivity index (χ4v) is 3.61. The van der Waals surface area contributed by atoms with Crippen LogP contribution < -0.4 is 0 Å². The Hall–Kier alpha value is -0.610. The number of aliphatic carboxylic acids is 1. The number of rotatable bonds is 4. The Kier molecular flexibility index (Phi) is 3.97. The molecule has 0 saturated carbocycles. The predicted octanol–water partition coefficient (Wildman–Crippen LogP) is 1.66. The molecule has 0 aromatic heterocycles. The van der Waals surface area contributed by atoms with Crippen LogP contribution in [-0.2, 0) is 4.79 Å². The van der Waals surface area contributed by atoms with E-state index in [4.69, 9.17) is 0 Å². The molecule has 2 saturated heterocycles. The molecule has 0 amide bonds. The lowest BCUT2D eigenvalue weighted by molar-refractivity contribution is -0.148. The van der Waals surface area contributed by atoms with Gasteiger partial charge in [-0.2, -0.15) is 0 Å². The number of nitrogens with zero attached hydrogens (tertiary/aromatic N) is 2. The molecule has 2 heterocycles. The highest BCUT2D eigenvalue weighted by Crippen LogP contribution is 2.38. The van der Waals surface area contributed by atoms with E-state index in [1.807, 2.05) is 0 Å². The summed E-state index contributed by atoms with van der Waals surface area (Å²) in [4.78, 5) is 16.4. The summed E-state index contributed by atoms with van der Waals surface area (Å²) in [6.45, 7) is 7.13.